The van der Waals surface area contributed by atoms with E-state index >= 15 is 0 Å². The van der Waals surface area contributed by atoms with E-state index in [0.29, 0.717) is 29.4 Å². The lowest BCUT2D eigenvalue weighted by molar-refractivity contribution is 0.0949. The highest BCUT2D eigenvalue weighted by molar-refractivity contribution is 5.92. The zero-order chi connectivity index (χ0) is 19.1. The minimum Gasteiger partial charge on any atom is -0.350 e. The van der Waals surface area contributed by atoms with Crippen molar-refractivity contribution in [3.63, 3.8) is 0 Å². The van der Waals surface area contributed by atoms with Gasteiger partial charge in [-0.05, 0) is 69.4 Å². The third-order valence-corrected chi connectivity index (χ3v) is 4.47. The number of hydrogen-bond donors (Lipinski definition) is 2. The molecule has 6 nitrogen and oxygen atoms in total. The molecule has 1 amide bonds. The van der Waals surface area contributed by atoms with Crippen molar-refractivity contribution in [2.75, 3.05) is 11.9 Å². The fourth-order valence-electron chi connectivity index (χ4n) is 3.06. The molecule has 1 aliphatic carbocycles. The Morgan fingerprint density at radius 3 is 2.74 bits per heavy atom. The van der Waals surface area contributed by atoms with Gasteiger partial charge < -0.3 is 10.6 Å². The molecule has 3 rings (SSSR count). The molecule has 1 heterocycles. The van der Waals surface area contributed by atoms with Crippen LogP contribution in [0.1, 0.15) is 53.8 Å². The van der Waals surface area contributed by atoms with E-state index in [1.165, 1.54) is 18.4 Å². The minimum absolute atomic E-state index is 0.195. The van der Waals surface area contributed by atoms with Crippen molar-refractivity contribution in [3.05, 3.63) is 58.9 Å². The summed E-state index contributed by atoms with van der Waals surface area (Å²) in [6, 6.07) is 10.7. The molecular weight excluding hydrogens is 338 g/mol. The number of amides is 1. The van der Waals surface area contributed by atoms with Gasteiger partial charge in [0.25, 0.3) is 5.91 Å². The summed E-state index contributed by atoms with van der Waals surface area (Å²) in [5.74, 6) is 0.166. The number of allylic oxidation sites excluding steroid dienone is 1. The third-order valence-electron chi connectivity index (χ3n) is 4.47. The third kappa shape index (κ3) is 5.38. The second kappa shape index (κ2) is 8.95. The maximum Gasteiger partial charge on any atom is 0.270 e. The molecule has 0 bridgehead atoms. The maximum atomic E-state index is 12.4. The first-order valence-corrected chi connectivity index (χ1v) is 9.23. The lowest BCUT2D eigenvalue weighted by Crippen LogP contribution is -2.26. The Labute approximate surface area is 159 Å². The topological polar surface area (TPSA) is 90.7 Å². The van der Waals surface area contributed by atoms with Gasteiger partial charge in [-0.1, -0.05) is 11.6 Å². The van der Waals surface area contributed by atoms with Crippen LogP contribution in [0, 0.1) is 18.3 Å². The standard InChI is InChI=1S/C21H23N5O/c1-15-13-19(20(27)23-12-11-16-5-3-2-4-6-16)26-21(24-15)25-18-9-7-17(14-22)8-10-18/h5,7-10,13H,2-4,6,11-12H2,1H3,(H,23,27)(H,24,25,26). The zero-order valence-corrected chi connectivity index (χ0v) is 15.5. The van der Waals surface area contributed by atoms with Crippen molar-refractivity contribution in [1.29, 1.82) is 5.26 Å². The molecule has 2 N–H and O–H groups in total. The summed E-state index contributed by atoms with van der Waals surface area (Å²) in [6.07, 6.45) is 8.00. The second-order valence-corrected chi connectivity index (χ2v) is 6.65. The molecule has 0 atom stereocenters. The lowest BCUT2D eigenvalue weighted by atomic mass is 9.97. The first kappa shape index (κ1) is 18.6. The Bertz CT molecular complexity index is 880. The molecule has 0 fully saturated rings. The average Bonchev–Trinajstić information content (AvgIpc) is 2.69. The van der Waals surface area contributed by atoms with E-state index in [1.54, 1.807) is 30.3 Å². The number of rotatable bonds is 6. The van der Waals surface area contributed by atoms with Crippen LogP contribution in [0.2, 0.25) is 0 Å². The van der Waals surface area contributed by atoms with Crippen molar-refractivity contribution < 1.29 is 4.79 Å². The number of nitrogens with zero attached hydrogens (tertiary/aromatic N) is 3. The van der Waals surface area contributed by atoms with Crippen molar-refractivity contribution in [2.45, 2.75) is 39.0 Å². The molecule has 2 aromatic rings. The van der Waals surface area contributed by atoms with Gasteiger partial charge in [-0.25, -0.2) is 9.97 Å². The number of aromatic nitrogens is 2. The minimum atomic E-state index is -0.195. The smallest absolute Gasteiger partial charge is 0.270 e. The molecule has 6 heteroatoms. The first-order chi connectivity index (χ1) is 13.1. The fraction of sp³-hybridized carbons (Fsp3) is 0.333. The van der Waals surface area contributed by atoms with Crippen LogP contribution in [-0.4, -0.2) is 22.4 Å². The number of nitriles is 1. The SMILES string of the molecule is Cc1cc(C(=O)NCCC2=CCCCC2)nc(Nc2ccc(C#N)cc2)n1. The van der Waals surface area contributed by atoms with Gasteiger partial charge in [0.15, 0.2) is 0 Å². The predicted octanol–water partition coefficient (Wildman–Crippen LogP) is 4.02. The summed E-state index contributed by atoms with van der Waals surface area (Å²) in [5.41, 5.74) is 3.83. The predicted molar refractivity (Wildman–Crippen MR) is 105 cm³/mol. The Morgan fingerprint density at radius 1 is 1.22 bits per heavy atom. The monoisotopic (exact) mass is 361 g/mol. The van der Waals surface area contributed by atoms with Crippen LogP contribution in [0.25, 0.3) is 0 Å². The van der Waals surface area contributed by atoms with Gasteiger partial charge in [0.1, 0.15) is 5.69 Å². The van der Waals surface area contributed by atoms with E-state index in [-0.39, 0.29) is 5.91 Å². The zero-order valence-electron chi connectivity index (χ0n) is 15.5. The Balaban J connectivity index is 1.62. The van der Waals surface area contributed by atoms with Crippen LogP contribution in [-0.2, 0) is 0 Å². The molecule has 0 saturated carbocycles. The summed E-state index contributed by atoms with van der Waals surface area (Å²) in [5, 5.41) is 14.9. The highest BCUT2D eigenvalue weighted by atomic mass is 16.1. The van der Waals surface area contributed by atoms with Gasteiger partial charge in [-0.3, -0.25) is 4.79 Å². The highest BCUT2D eigenvalue weighted by Gasteiger charge is 2.11. The van der Waals surface area contributed by atoms with Gasteiger partial charge in [0.05, 0.1) is 11.6 Å². The summed E-state index contributed by atoms with van der Waals surface area (Å²) in [6.45, 7) is 2.45. The van der Waals surface area contributed by atoms with E-state index in [1.807, 2.05) is 6.92 Å². The van der Waals surface area contributed by atoms with Crippen LogP contribution in [0.5, 0.6) is 0 Å². The van der Waals surface area contributed by atoms with Crippen LogP contribution in [0.3, 0.4) is 0 Å². The largest absolute Gasteiger partial charge is 0.350 e. The van der Waals surface area contributed by atoms with Crippen molar-refractivity contribution in [1.82, 2.24) is 15.3 Å². The fourth-order valence-corrected chi connectivity index (χ4v) is 3.06. The quantitative estimate of drug-likeness (QED) is 0.758. The van der Waals surface area contributed by atoms with E-state index in [0.717, 1.165) is 24.9 Å². The van der Waals surface area contributed by atoms with E-state index < -0.39 is 0 Å². The molecule has 0 spiro atoms. The number of hydrogen-bond acceptors (Lipinski definition) is 5. The van der Waals surface area contributed by atoms with Crippen LogP contribution in [0.15, 0.2) is 42.0 Å². The van der Waals surface area contributed by atoms with Gasteiger partial charge in [-0.2, -0.15) is 5.26 Å². The van der Waals surface area contributed by atoms with Gasteiger partial charge in [0.2, 0.25) is 5.95 Å². The number of aryl methyl sites for hydroxylation is 1. The molecule has 1 aromatic heterocycles. The Hall–Kier alpha value is -3.20. The molecule has 0 unspecified atom stereocenters. The summed E-state index contributed by atoms with van der Waals surface area (Å²) >= 11 is 0. The van der Waals surface area contributed by atoms with Crippen LogP contribution >= 0.6 is 0 Å². The van der Waals surface area contributed by atoms with Crippen molar-refractivity contribution in [3.8, 4) is 6.07 Å². The molecule has 0 saturated heterocycles. The highest BCUT2D eigenvalue weighted by Crippen LogP contribution is 2.19. The summed E-state index contributed by atoms with van der Waals surface area (Å²) < 4.78 is 0. The van der Waals surface area contributed by atoms with E-state index in [2.05, 4.69) is 32.7 Å². The number of anilines is 2. The Kier molecular flexibility index (Phi) is 6.16. The molecule has 0 aliphatic heterocycles. The second-order valence-electron chi connectivity index (χ2n) is 6.65. The lowest BCUT2D eigenvalue weighted by Gasteiger charge is -2.13. The number of carbonyl (C=O) groups is 1. The maximum absolute atomic E-state index is 12.4. The van der Waals surface area contributed by atoms with Crippen LogP contribution in [0.4, 0.5) is 11.6 Å². The number of benzene rings is 1. The van der Waals surface area contributed by atoms with E-state index in [4.69, 9.17) is 5.26 Å². The van der Waals surface area contributed by atoms with Crippen LogP contribution < -0.4 is 10.6 Å². The summed E-state index contributed by atoms with van der Waals surface area (Å²) in [4.78, 5) is 21.1. The molecule has 138 valence electrons. The summed E-state index contributed by atoms with van der Waals surface area (Å²) in [7, 11) is 0. The molecule has 1 aromatic carbocycles. The van der Waals surface area contributed by atoms with Gasteiger partial charge in [0, 0.05) is 17.9 Å². The first-order valence-electron chi connectivity index (χ1n) is 9.23. The number of carbonyl (C=O) groups excluding carboxylic acids is 1. The van der Waals surface area contributed by atoms with Gasteiger partial charge >= 0.3 is 0 Å². The molecule has 1 aliphatic rings. The van der Waals surface area contributed by atoms with Crippen molar-refractivity contribution in [2.24, 2.45) is 0 Å². The number of nitrogens with one attached hydrogen (secondary N) is 2. The van der Waals surface area contributed by atoms with Crippen molar-refractivity contribution >= 4 is 17.5 Å². The van der Waals surface area contributed by atoms with E-state index in [9.17, 15) is 4.79 Å². The molecular formula is C21H23N5O. The normalized spacial score (nSPS) is 13.4. The molecule has 27 heavy (non-hydrogen) atoms. The van der Waals surface area contributed by atoms with Gasteiger partial charge in [-0.15, -0.1) is 0 Å². The molecule has 0 radical (unpaired) electrons. The Morgan fingerprint density at radius 2 is 2.04 bits per heavy atom. The average molecular weight is 361 g/mol.